The summed E-state index contributed by atoms with van der Waals surface area (Å²) < 4.78 is 5.41. The quantitative estimate of drug-likeness (QED) is 0.874. The summed E-state index contributed by atoms with van der Waals surface area (Å²) in [5.74, 6) is -0.295. The van der Waals surface area contributed by atoms with Crippen molar-refractivity contribution >= 4 is 11.8 Å². The summed E-state index contributed by atoms with van der Waals surface area (Å²) in [4.78, 5) is 38.1. The lowest BCUT2D eigenvalue weighted by Gasteiger charge is -2.30. The van der Waals surface area contributed by atoms with E-state index in [4.69, 9.17) is 10.2 Å². The lowest BCUT2D eigenvalue weighted by Crippen LogP contribution is -2.43. The summed E-state index contributed by atoms with van der Waals surface area (Å²) in [5, 5.41) is 0. The molecule has 1 aromatic heterocycles. The normalized spacial score (nSPS) is 14.9. The van der Waals surface area contributed by atoms with Gasteiger partial charge < -0.3 is 15.1 Å². The summed E-state index contributed by atoms with van der Waals surface area (Å²) in [6.07, 6.45) is 2.41. The molecule has 6 nitrogen and oxygen atoms in total. The van der Waals surface area contributed by atoms with Crippen molar-refractivity contribution in [3.63, 3.8) is 0 Å². The third kappa shape index (κ3) is 4.45. The van der Waals surface area contributed by atoms with Gasteiger partial charge in [0.25, 0.3) is 5.91 Å². The minimum Gasteiger partial charge on any atom is -0.427 e. The third-order valence-electron chi connectivity index (χ3n) is 5.10. The average Bonchev–Trinajstić information content (AvgIpc) is 2.66. The Morgan fingerprint density at radius 3 is 2.41 bits per heavy atom. The van der Waals surface area contributed by atoms with Crippen LogP contribution >= 0.6 is 0 Å². The van der Waals surface area contributed by atoms with Crippen LogP contribution in [0, 0.1) is 12.8 Å². The maximum atomic E-state index is 12.8. The Morgan fingerprint density at radius 2 is 1.81 bits per heavy atom. The van der Waals surface area contributed by atoms with Crippen LogP contribution in [0.5, 0.6) is 0 Å². The van der Waals surface area contributed by atoms with Crippen molar-refractivity contribution in [2.45, 2.75) is 32.6 Å². The van der Waals surface area contributed by atoms with Crippen molar-refractivity contribution in [3.8, 4) is 0 Å². The minimum atomic E-state index is -0.597. The van der Waals surface area contributed by atoms with Gasteiger partial charge in [0.15, 0.2) is 0 Å². The van der Waals surface area contributed by atoms with E-state index in [0.717, 1.165) is 12.0 Å². The second kappa shape index (κ2) is 8.20. The van der Waals surface area contributed by atoms with Crippen LogP contribution in [0.25, 0.3) is 0 Å². The van der Waals surface area contributed by atoms with Gasteiger partial charge in [-0.3, -0.25) is 9.59 Å². The third-order valence-corrected chi connectivity index (χ3v) is 5.10. The van der Waals surface area contributed by atoms with Crippen molar-refractivity contribution in [1.29, 1.82) is 0 Å². The number of benzene rings is 1. The Kier molecular flexibility index (Phi) is 5.74. The highest BCUT2D eigenvalue weighted by Crippen LogP contribution is 2.19. The molecule has 3 rings (SSSR count). The van der Waals surface area contributed by atoms with Crippen LogP contribution in [-0.4, -0.2) is 29.8 Å². The number of likely N-dealkylation sites (tertiary alicyclic amines) is 1. The van der Waals surface area contributed by atoms with Gasteiger partial charge >= 0.3 is 5.63 Å². The molecule has 6 heteroatoms. The van der Waals surface area contributed by atoms with E-state index in [2.05, 4.69) is 0 Å². The van der Waals surface area contributed by atoms with Crippen molar-refractivity contribution in [1.82, 2.24) is 4.90 Å². The molecule has 0 saturated carbocycles. The standard InChI is InChI=1S/C21H24N2O4/c1-14-13-17(8-7-15-5-3-2-4-6-15)27-21(26)18(14)20(25)23-11-9-16(10-12-23)19(22)24/h2-6,13,16H,7-12H2,1H3,(H2,22,24). The van der Waals surface area contributed by atoms with Crippen LogP contribution in [0.2, 0.25) is 0 Å². The van der Waals surface area contributed by atoms with Gasteiger partial charge in [0.1, 0.15) is 11.3 Å². The molecule has 27 heavy (non-hydrogen) atoms. The van der Waals surface area contributed by atoms with Crippen molar-refractivity contribution in [2.24, 2.45) is 11.7 Å². The highest BCUT2D eigenvalue weighted by Gasteiger charge is 2.29. The number of piperidine rings is 1. The first-order chi connectivity index (χ1) is 13.0. The minimum absolute atomic E-state index is 0.0796. The van der Waals surface area contributed by atoms with E-state index in [0.29, 0.717) is 43.7 Å². The zero-order valence-electron chi connectivity index (χ0n) is 15.4. The van der Waals surface area contributed by atoms with Gasteiger partial charge in [-0.15, -0.1) is 0 Å². The van der Waals surface area contributed by atoms with E-state index < -0.39 is 5.63 Å². The molecule has 0 bridgehead atoms. The smallest absolute Gasteiger partial charge is 0.349 e. The maximum absolute atomic E-state index is 12.8. The van der Waals surface area contributed by atoms with Crippen LogP contribution in [-0.2, 0) is 17.6 Å². The molecule has 142 valence electrons. The number of nitrogens with zero attached hydrogens (tertiary/aromatic N) is 1. The van der Waals surface area contributed by atoms with Crippen molar-refractivity contribution in [3.05, 3.63) is 69.3 Å². The number of primary amides is 1. The topological polar surface area (TPSA) is 93.6 Å². The van der Waals surface area contributed by atoms with E-state index >= 15 is 0 Å². The second-order valence-corrected chi connectivity index (χ2v) is 7.01. The van der Waals surface area contributed by atoms with Gasteiger partial charge in [-0.1, -0.05) is 30.3 Å². The van der Waals surface area contributed by atoms with Gasteiger partial charge in [0, 0.05) is 25.4 Å². The molecule has 0 atom stereocenters. The maximum Gasteiger partial charge on any atom is 0.349 e. The molecule has 0 aliphatic carbocycles. The molecule has 1 aliphatic rings. The summed E-state index contributed by atoms with van der Waals surface area (Å²) in [6.45, 7) is 2.59. The largest absolute Gasteiger partial charge is 0.427 e. The van der Waals surface area contributed by atoms with Crippen LogP contribution in [0.4, 0.5) is 0 Å². The van der Waals surface area contributed by atoms with Crippen LogP contribution in [0.3, 0.4) is 0 Å². The fourth-order valence-electron chi connectivity index (χ4n) is 3.49. The lowest BCUT2D eigenvalue weighted by molar-refractivity contribution is -0.123. The Hall–Kier alpha value is -2.89. The monoisotopic (exact) mass is 368 g/mol. The van der Waals surface area contributed by atoms with E-state index in [9.17, 15) is 14.4 Å². The van der Waals surface area contributed by atoms with Crippen LogP contribution in [0.1, 0.15) is 40.1 Å². The Morgan fingerprint density at radius 1 is 1.15 bits per heavy atom. The van der Waals surface area contributed by atoms with Gasteiger partial charge in [0.05, 0.1) is 0 Å². The zero-order chi connectivity index (χ0) is 19.4. The van der Waals surface area contributed by atoms with Crippen molar-refractivity contribution in [2.75, 3.05) is 13.1 Å². The van der Waals surface area contributed by atoms with Gasteiger partial charge in [-0.05, 0) is 43.4 Å². The molecule has 0 radical (unpaired) electrons. The molecule has 2 aromatic rings. The number of carbonyl (C=O) groups is 2. The summed E-state index contributed by atoms with van der Waals surface area (Å²) >= 11 is 0. The lowest BCUT2D eigenvalue weighted by atomic mass is 9.95. The van der Waals surface area contributed by atoms with Gasteiger partial charge in [0.2, 0.25) is 5.91 Å². The fraction of sp³-hybridized carbons (Fsp3) is 0.381. The number of hydrogen-bond acceptors (Lipinski definition) is 4. The summed E-state index contributed by atoms with van der Waals surface area (Å²) in [7, 11) is 0. The number of rotatable bonds is 5. The molecule has 2 heterocycles. The van der Waals surface area contributed by atoms with Gasteiger partial charge in [-0.25, -0.2) is 4.79 Å². The SMILES string of the molecule is Cc1cc(CCc2ccccc2)oc(=O)c1C(=O)N1CCC(C(N)=O)CC1. The van der Waals surface area contributed by atoms with E-state index in [-0.39, 0.29) is 23.3 Å². The first-order valence-electron chi connectivity index (χ1n) is 9.22. The molecular formula is C21H24N2O4. The first-order valence-corrected chi connectivity index (χ1v) is 9.22. The Balaban J connectivity index is 1.70. The molecule has 1 aromatic carbocycles. The number of hydrogen-bond donors (Lipinski definition) is 1. The van der Waals surface area contributed by atoms with E-state index in [1.165, 1.54) is 0 Å². The molecule has 2 amide bonds. The van der Waals surface area contributed by atoms with Gasteiger partial charge in [-0.2, -0.15) is 0 Å². The summed E-state index contributed by atoms with van der Waals surface area (Å²) in [6, 6.07) is 11.7. The van der Waals surface area contributed by atoms with Crippen molar-refractivity contribution < 1.29 is 14.0 Å². The highest BCUT2D eigenvalue weighted by molar-refractivity contribution is 5.95. The van der Waals surface area contributed by atoms with E-state index in [1.54, 1.807) is 17.9 Å². The Labute approximate surface area is 158 Å². The predicted molar refractivity (Wildman–Crippen MR) is 101 cm³/mol. The molecule has 0 unspecified atom stereocenters. The zero-order valence-corrected chi connectivity index (χ0v) is 15.4. The number of amides is 2. The predicted octanol–water partition coefficient (Wildman–Crippen LogP) is 2.07. The van der Waals surface area contributed by atoms with Crippen LogP contribution in [0.15, 0.2) is 45.6 Å². The Bertz CT molecular complexity index is 881. The average molecular weight is 368 g/mol. The first kappa shape index (κ1) is 18.9. The molecule has 2 N–H and O–H groups in total. The molecule has 1 saturated heterocycles. The number of nitrogens with two attached hydrogens (primary N) is 1. The molecular weight excluding hydrogens is 344 g/mol. The summed E-state index contributed by atoms with van der Waals surface area (Å²) in [5.41, 5.74) is 6.59. The molecule has 1 fully saturated rings. The molecule has 1 aliphatic heterocycles. The second-order valence-electron chi connectivity index (χ2n) is 7.01. The van der Waals surface area contributed by atoms with E-state index in [1.807, 2.05) is 30.3 Å². The fourth-order valence-corrected chi connectivity index (χ4v) is 3.49. The molecule has 0 spiro atoms. The highest BCUT2D eigenvalue weighted by atomic mass is 16.4. The number of aryl methyl sites for hydroxylation is 3. The van der Waals surface area contributed by atoms with Crippen LogP contribution < -0.4 is 11.4 Å². The number of carbonyl (C=O) groups excluding carboxylic acids is 2.